The molecule has 0 amide bonds. The van der Waals surface area contributed by atoms with Crippen molar-refractivity contribution < 1.29 is 4.43 Å². The predicted octanol–water partition coefficient (Wildman–Crippen LogP) is 5.86. The Hall–Kier alpha value is -2.17. The summed E-state index contributed by atoms with van der Waals surface area (Å²) in [5.74, 6) is 0.874. The van der Waals surface area contributed by atoms with Crippen LogP contribution in [0, 0.1) is 6.92 Å². The minimum Gasteiger partial charge on any atom is -0.541 e. The van der Waals surface area contributed by atoms with Gasteiger partial charge in [-0.25, -0.2) is 4.99 Å². The van der Waals surface area contributed by atoms with Crippen molar-refractivity contribution in [3.05, 3.63) is 82.0 Å². The molecule has 121 valence electrons. The van der Waals surface area contributed by atoms with Gasteiger partial charge in [-0.1, -0.05) is 42.5 Å². The molecule has 0 aliphatic carbocycles. The first-order valence-electron chi connectivity index (χ1n) is 7.90. The second kappa shape index (κ2) is 7.60. The van der Waals surface area contributed by atoms with Gasteiger partial charge in [-0.05, 0) is 49.2 Å². The average molecular weight is 351 g/mol. The van der Waals surface area contributed by atoms with Crippen LogP contribution in [0.1, 0.15) is 16.0 Å². The standard InChI is InChI=1S/C20H20NOSSi/c1-15-11-12-17(18(14-15)22-24(2)3)21-20(19-10-7-13-23-19)16-8-5-4-6-9-16/h4-14H,1-3H3. The zero-order chi connectivity index (χ0) is 16.9. The number of nitrogens with zero attached hydrogens (tertiary/aromatic N) is 1. The Bertz CT molecular complexity index is 826. The summed E-state index contributed by atoms with van der Waals surface area (Å²) in [6.07, 6.45) is 0. The molecular formula is C20H20NOSSi. The molecule has 0 N–H and O–H groups in total. The van der Waals surface area contributed by atoms with Gasteiger partial charge in [0.15, 0.2) is 0 Å². The van der Waals surface area contributed by atoms with Gasteiger partial charge in [0.2, 0.25) is 0 Å². The maximum atomic E-state index is 6.08. The Labute approximate surface area is 149 Å². The molecule has 2 aromatic carbocycles. The van der Waals surface area contributed by atoms with Gasteiger partial charge >= 0.3 is 0 Å². The molecule has 0 saturated heterocycles. The highest BCUT2D eigenvalue weighted by molar-refractivity contribution is 7.12. The highest BCUT2D eigenvalue weighted by Crippen LogP contribution is 2.31. The van der Waals surface area contributed by atoms with E-state index in [1.165, 1.54) is 5.56 Å². The second-order valence-electron chi connectivity index (χ2n) is 5.79. The third kappa shape index (κ3) is 4.02. The van der Waals surface area contributed by atoms with Crippen LogP contribution in [0.3, 0.4) is 0 Å². The lowest BCUT2D eigenvalue weighted by Crippen LogP contribution is -2.11. The van der Waals surface area contributed by atoms with Gasteiger partial charge in [-0.3, -0.25) is 0 Å². The molecule has 1 heterocycles. The van der Waals surface area contributed by atoms with Gasteiger partial charge in [-0.15, -0.1) is 11.3 Å². The van der Waals surface area contributed by atoms with Gasteiger partial charge in [0.05, 0.1) is 10.6 Å². The van der Waals surface area contributed by atoms with Crippen LogP contribution in [0.25, 0.3) is 0 Å². The summed E-state index contributed by atoms with van der Waals surface area (Å²) in [7, 11) is -0.845. The van der Waals surface area contributed by atoms with E-state index >= 15 is 0 Å². The molecular weight excluding hydrogens is 330 g/mol. The van der Waals surface area contributed by atoms with Gasteiger partial charge in [0.1, 0.15) is 11.4 Å². The lowest BCUT2D eigenvalue weighted by molar-refractivity contribution is 0.581. The van der Waals surface area contributed by atoms with E-state index in [0.29, 0.717) is 0 Å². The van der Waals surface area contributed by atoms with E-state index in [1.807, 2.05) is 24.3 Å². The van der Waals surface area contributed by atoms with Crippen LogP contribution in [-0.2, 0) is 0 Å². The molecule has 0 fully saturated rings. The third-order valence-electron chi connectivity index (χ3n) is 3.46. The van der Waals surface area contributed by atoms with Gasteiger partial charge in [0.25, 0.3) is 9.04 Å². The first-order chi connectivity index (χ1) is 11.6. The van der Waals surface area contributed by atoms with Crippen molar-refractivity contribution >= 4 is 31.8 Å². The smallest absolute Gasteiger partial charge is 0.274 e. The first-order valence-corrected chi connectivity index (χ1v) is 11.2. The molecule has 0 saturated carbocycles. The average Bonchev–Trinajstić information content (AvgIpc) is 3.08. The van der Waals surface area contributed by atoms with E-state index in [2.05, 4.69) is 61.8 Å². The number of aryl methyl sites for hydroxylation is 1. The summed E-state index contributed by atoms with van der Waals surface area (Å²) in [5, 5.41) is 2.08. The quantitative estimate of drug-likeness (QED) is 0.417. The predicted molar refractivity (Wildman–Crippen MR) is 105 cm³/mol. The molecule has 1 aromatic heterocycles. The van der Waals surface area contributed by atoms with Crippen molar-refractivity contribution in [2.24, 2.45) is 4.99 Å². The summed E-state index contributed by atoms with van der Waals surface area (Å²) < 4.78 is 6.08. The molecule has 0 aliphatic heterocycles. The number of benzene rings is 2. The number of hydrogen-bond donors (Lipinski definition) is 0. The van der Waals surface area contributed by atoms with Gasteiger partial charge in [0, 0.05) is 5.56 Å². The van der Waals surface area contributed by atoms with E-state index < -0.39 is 9.04 Å². The maximum absolute atomic E-state index is 6.08. The van der Waals surface area contributed by atoms with Gasteiger partial charge in [-0.2, -0.15) is 0 Å². The summed E-state index contributed by atoms with van der Waals surface area (Å²) in [6.45, 7) is 6.35. The van der Waals surface area contributed by atoms with E-state index in [-0.39, 0.29) is 0 Å². The molecule has 3 rings (SSSR count). The van der Waals surface area contributed by atoms with Crippen molar-refractivity contribution in [2.75, 3.05) is 0 Å². The monoisotopic (exact) mass is 350 g/mol. The van der Waals surface area contributed by atoms with Crippen molar-refractivity contribution in [1.82, 2.24) is 0 Å². The molecule has 3 aromatic rings. The third-order valence-corrected chi connectivity index (χ3v) is 4.97. The number of rotatable bonds is 5. The SMILES string of the molecule is Cc1ccc(N=C(c2ccccc2)c2cccs2)c(O[Si](C)C)c1. The molecule has 1 radical (unpaired) electrons. The molecule has 2 nitrogen and oxygen atoms in total. The normalized spacial score (nSPS) is 11.8. The van der Waals surface area contributed by atoms with E-state index in [4.69, 9.17) is 9.42 Å². The van der Waals surface area contributed by atoms with E-state index in [1.54, 1.807) is 11.3 Å². The zero-order valence-corrected chi connectivity index (χ0v) is 15.9. The fourth-order valence-corrected chi connectivity index (χ4v) is 3.75. The molecule has 0 unspecified atom stereocenters. The fraction of sp³-hybridized carbons (Fsp3) is 0.150. The summed E-state index contributed by atoms with van der Waals surface area (Å²) >= 11 is 1.70. The number of thiophene rings is 1. The van der Waals surface area contributed by atoms with Crippen molar-refractivity contribution in [3.63, 3.8) is 0 Å². The highest BCUT2D eigenvalue weighted by Gasteiger charge is 2.12. The molecule has 0 atom stereocenters. The Morgan fingerprint density at radius 1 is 1.00 bits per heavy atom. The topological polar surface area (TPSA) is 21.6 Å². The molecule has 0 spiro atoms. The number of aliphatic imine (C=N–C) groups is 1. The minimum absolute atomic E-state index is 0.845. The molecule has 0 aliphatic rings. The van der Waals surface area contributed by atoms with Crippen LogP contribution in [0.2, 0.25) is 13.1 Å². The Kier molecular flexibility index (Phi) is 5.28. The van der Waals surface area contributed by atoms with Crippen molar-refractivity contribution in [1.29, 1.82) is 0 Å². The summed E-state index contributed by atoms with van der Waals surface area (Å²) in [6, 6.07) is 20.7. The minimum atomic E-state index is -0.845. The fourth-order valence-electron chi connectivity index (χ4n) is 2.41. The van der Waals surface area contributed by atoms with Crippen molar-refractivity contribution in [2.45, 2.75) is 20.0 Å². The Morgan fingerprint density at radius 2 is 1.79 bits per heavy atom. The largest absolute Gasteiger partial charge is 0.541 e. The summed E-state index contributed by atoms with van der Waals surface area (Å²) in [4.78, 5) is 6.14. The molecule has 24 heavy (non-hydrogen) atoms. The zero-order valence-electron chi connectivity index (χ0n) is 14.1. The van der Waals surface area contributed by atoms with E-state index in [0.717, 1.165) is 27.6 Å². The highest BCUT2D eigenvalue weighted by atomic mass is 32.1. The Balaban J connectivity index is 2.12. The summed E-state index contributed by atoms with van der Waals surface area (Å²) in [5.41, 5.74) is 4.17. The van der Waals surface area contributed by atoms with Crippen LogP contribution in [0.15, 0.2) is 71.0 Å². The lowest BCUT2D eigenvalue weighted by atomic mass is 10.1. The molecule has 4 heteroatoms. The van der Waals surface area contributed by atoms with Crippen LogP contribution in [0.4, 0.5) is 5.69 Å². The van der Waals surface area contributed by atoms with Crippen LogP contribution in [0.5, 0.6) is 5.75 Å². The van der Waals surface area contributed by atoms with Crippen LogP contribution < -0.4 is 4.43 Å². The van der Waals surface area contributed by atoms with E-state index in [9.17, 15) is 0 Å². The van der Waals surface area contributed by atoms with Crippen LogP contribution in [-0.4, -0.2) is 14.8 Å². The van der Waals surface area contributed by atoms with Crippen molar-refractivity contribution in [3.8, 4) is 5.75 Å². The lowest BCUT2D eigenvalue weighted by Gasteiger charge is -2.13. The maximum Gasteiger partial charge on any atom is 0.274 e. The molecule has 0 bridgehead atoms. The van der Waals surface area contributed by atoms with Gasteiger partial charge < -0.3 is 4.43 Å². The first kappa shape index (κ1) is 16.7. The van der Waals surface area contributed by atoms with Crippen LogP contribution >= 0.6 is 11.3 Å². The Morgan fingerprint density at radius 3 is 2.46 bits per heavy atom. The number of hydrogen-bond acceptors (Lipinski definition) is 3. The second-order valence-corrected chi connectivity index (χ2v) is 8.75.